The number of amides is 1. The number of nitrogens with one attached hydrogen (secondary N) is 1. The Kier molecular flexibility index (Phi) is 5.38. The first kappa shape index (κ1) is 19.9. The highest BCUT2D eigenvalue weighted by molar-refractivity contribution is 6.34. The summed E-state index contributed by atoms with van der Waals surface area (Å²) in [5.74, 6) is 0.270. The molecule has 0 aliphatic carbocycles. The lowest BCUT2D eigenvalue weighted by Crippen LogP contribution is -2.15. The lowest BCUT2D eigenvalue weighted by molar-refractivity contribution is 0.101. The second-order valence-electron chi connectivity index (χ2n) is 7.14. The number of hydrogen-bond donors (Lipinski definition) is 1. The Morgan fingerprint density at radius 3 is 2.33 bits per heavy atom. The lowest BCUT2D eigenvalue weighted by atomic mass is 10.1. The summed E-state index contributed by atoms with van der Waals surface area (Å²) in [5.41, 5.74) is 5.41. The topological polar surface area (TPSA) is 59.8 Å². The molecule has 6 heteroatoms. The van der Waals surface area contributed by atoms with Gasteiger partial charge in [-0.2, -0.15) is 0 Å². The van der Waals surface area contributed by atoms with Crippen LogP contribution in [-0.4, -0.2) is 20.7 Å². The minimum absolute atomic E-state index is 0.0779. The Labute approximate surface area is 180 Å². The van der Waals surface area contributed by atoms with E-state index in [0.29, 0.717) is 16.5 Å². The minimum atomic E-state index is -0.410. The van der Waals surface area contributed by atoms with Crippen molar-refractivity contribution < 1.29 is 4.79 Å². The fraction of sp³-hybridized carbons (Fsp3) is 0.125. The standard InChI is InChI=1S/C24H21ClN4O/c1-15-9-8-14-20(17(15)3)29-23(18-11-5-4-6-12-18)27-22(28-29)24(30)26-21-16(2)10-7-13-19(21)25/h4-14H,1-3H3,(H,26,30). The normalized spacial score (nSPS) is 10.8. The lowest BCUT2D eigenvalue weighted by Gasteiger charge is -2.11. The second kappa shape index (κ2) is 8.13. The van der Waals surface area contributed by atoms with Gasteiger partial charge in [0.2, 0.25) is 5.82 Å². The van der Waals surface area contributed by atoms with Crippen molar-refractivity contribution in [3.8, 4) is 17.1 Å². The van der Waals surface area contributed by atoms with Crippen molar-refractivity contribution in [1.82, 2.24) is 14.8 Å². The Balaban J connectivity index is 1.81. The molecule has 3 aromatic carbocycles. The molecule has 0 atom stereocenters. The van der Waals surface area contributed by atoms with Gasteiger partial charge in [0.15, 0.2) is 5.82 Å². The Hall–Kier alpha value is -3.44. The number of para-hydroxylation sites is 1. The number of anilines is 1. The summed E-state index contributed by atoms with van der Waals surface area (Å²) < 4.78 is 1.73. The quantitative estimate of drug-likeness (QED) is 0.459. The van der Waals surface area contributed by atoms with Gasteiger partial charge in [-0.15, -0.1) is 5.10 Å². The maximum absolute atomic E-state index is 13.0. The summed E-state index contributed by atoms with van der Waals surface area (Å²) in [4.78, 5) is 17.6. The van der Waals surface area contributed by atoms with Gasteiger partial charge < -0.3 is 5.32 Å². The zero-order valence-corrected chi connectivity index (χ0v) is 17.7. The third-order valence-electron chi connectivity index (χ3n) is 5.11. The molecule has 30 heavy (non-hydrogen) atoms. The van der Waals surface area contributed by atoms with Crippen LogP contribution in [0.15, 0.2) is 66.7 Å². The van der Waals surface area contributed by atoms with Gasteiger partial charge in [-0.25, -0.2) is 9.67 Å². The molecule has 4 rings (SSSR count). The van der Waals surface area contributed by atoms with E-state index < -0.39 is 5.91 Å². The third-order valence-corrected chi connectivity index (χ3v) is 5.42. The number of aromatic nitrogens is 3. The number of carbonyl (C=O) groups excluding carboxylic acids is 1. The average molecular weight is 417 g/mol. The molecule has 1 N–H and O–H groups in total. The molecule has 0 saturated heterocycles. The van der Waals surface area contributed by atoms with Gasteiger partial charge in [0, 0.05) is 5.56 Å². The van der Waals surface area contributed by atoms with Crippen LogP contribution in [0.3, 0.4) is 0 Å². The first-order chi connectivity index (χ1) is 14.5. The molecule has 0 unspecified atom stereocenters. The van der Waals surface area contributed by atoms with E-state index in [-0.39, 0.29) is 5.82 Å². The maximum Gasteiger partial charge on any atom is 0.295 e. The van der Waals surface area contributed by atoms with Gasteiger partial charge >= 0.3 is 0 Å². The van der Waals surface area contributed by atoms with Crippen LogP contribution in [0.4, 0.5) is 5.69 Å². The number of nitrogens with zero attached hydrogens (tertiary/aromatic N) is 3. The molecule has 1 heterocycles. The summed E-state index contributed by atoms with van der Waals surface area (Å²) >= 11 is 6.27. The van der Waals surface area contributed by atoms with E-state index in [0.717, 1.165) is 27.9 Å². The number of benzene rings is 3. The van der Waals surface area contributed by atoms with Gasteiger partial charge in [-0.3, -0.25) is 4.79 Å². The van der Waals surface area contributed by atoms with Crippen molar-refractivity contribution in [2.24, 2.45) is 0 Å². The van der Waals surface area contributed by atoms with E-state index in [1.165, 1.54) is 0 Å². The zero-order chi connectivity index (χ0) is 21.3. The molecule has 0 spiro atoms. The molecule has 4 aromatic rings. The van der Waals surface area contributed by atoms with Gasteiger partial charge in [-0.05, 0) is 49.6 Å². The van der Waals surface area contributed by atoms with Crippen LogP contribution < -0.4 is 5.32 Å². The first-order valence-corrected chi connectivity index (χ1v) is 9.99. The smallest absolute Gasteiger partial charge is 0.295 e. The molecular formula is C24H21ClN4O. The SMILES string of the molecule is Cc1cccc(-n2nc(C(=O)Nc3c(C)cccc3Cl)nc2-c2ccccc2)c1C. The Bertz CT molecular complexity index is 1210. The zero-order valence-electron chi connectivity index (χ0n) is 17.0. The van der Waals surface area contributed by atoms with Crippen LogP contribution >= 0.6 is 11.6 Å². The van der Waals surface area contributed by atoms with Crippen LogP contribution in [-0.2, 0) is 0 Å². The molecule has 1 aromatic heterocycles. The monoisotopic (exact) mass is 416 g/mol. The number of halogens is 1. The highest BCUT2D eigenvalue weighted by Gasteiger charge is 2.21. The minimum Gasteiger partial charge on any atom is -0.318 e. The third kappa shape index (κ3) is 3.72. The number of aryl methyl sites for hydroxylation is 2. The molecule has 0 bridgehead atoms. The van der Waals surface area contributed by atoms with Gasteiger partial charge in [-0.1, -0.05) is 66.2 Å². The van der Waals surface area contributed by atoms with Crippen molar-refractivity contribution in [3.63, 3.8) is 0 Å². The largest absolute Gasteiger partial charge is 0.318 e. The summed E-state index contributed by atoms with van der Waals surface area (Å²) in [6.07, 6.45) is 0. The molecule has 0 aliphatic rings. The van der Waals surface area contributed by atoms with Crippen LogP contribution in [0.1, 0.15) is 27.3 Å². The molecule has 150 valence electrons. The predicted molar refractivity (Wildman–Crippen MR) is 120 cm³/mol. The number of rotatable bonds is 4. The first-order valence-electron chi connectivity index (χ1n) is 9.61. The Morgan fingerprint density at radius 1 is 0.900 bits per heavy atom. The summed E-state index contributed by atoms with van der Waals surface area (Å²) in [6.45, 7) is 5.97. The van der Waals surface area contributed by atoms with Crippen molar-refractivity contribution in [1.29, 1.82) is 0 Å². The van der Waals surface area contributed by atoms with E-state index in [4.69, 9.17) is 11.6 Å². The molecule has 1 amide bonds. The molecule has 0 aliphatic heterocycles. The van der Waals surface area contributed by atoms with Gasteiger partial charge in [0.05, 0.1) is 16.4 Å². The van der Waals surface area contributed by atoms with E-state index in [9.17, 15) is 4.79 Å². The van der Waals surface area contributed by atoms with Crippen molar-refractivity contribution in [2.45, 2.75) is 20.8 Å². The number of carbonyl (C=O) groups is 1. The molecule has 0 saturated carbocycles. The van der Waals surface area contributed by atoms with Crippen molar-refractivity contribution in [3.05, 3.63) is 94.3 Å². The van der Waals surface area contributed by atoms with E-state index in [1.807, 2.05) is 81.4 Å². The van der Waals surface area contributed by atoms with Crippen LogP contribution in [0, 0.1) is 20.8 Å². The van der Waals surface area contributed by atoms with Crippen LogP contribution in [0.25, 0.3) is 17.1 Å². The Morgan fingerprint density at radius 2 is 1.60 bits per heavy atom. The van der Waals surface area contributed by atoms with Crippen molar-refractivity contribution >= 4 is 23.2 Å². The van der Waals surface area contributed by atoms with Crippen molar-refractivity contribution in [2.75, 3.05) is 5.32 Å². The van der Waals surface area contributed by atoms with Crippen LogP contribution in [0.5, 0.6) is 0 Å². The van der Waals surface area contributed by atoms with E-state index >= 15 is 0 Å². The van der Waals surface area contributed by atoms with Gasteiger partial charge in [0.1, 0.15) is 0 Å². The fourth-order valence-corrected chi connectivity index (χ4v) is 3.54. The molecule has 5 nitrogen and oxygen atoms in total. The highest BCUT2D eigenvalue weighted by Crippen LogP contribution is 2.27. The molecular weight excluding hydrogens is 396 g/mol. The fourth-order valence-electron chi connectivity index (χ4n) is 3.28. The van der Waals surface area contributed by atoms with E-state index in [1.54, 1.807) is 10.7 Å². The highest BCUT2D eigenvalue weighted by atomic mass is 35.5. The summed E-state index contributed by atoms with van der Waals surface area (Å²) in [7, 11) is 0. The average Bonchev–Trinajstić information content (AvgIpc) is 3.19. The number of hydrogen-bond acceptors (Lipinski definition) is 3. The summed E-state index contributed by atoms with van der Waals surface area (Å²) in [6, 6.07) is 21.2. The van der Waals surface area contributed by atoms with E-state index in [2.05, 4.69) is 15.4 Å². The predicted octanol–water partition coefficient (Wildman–Crippen LogP) is 5.77. The second-order valence-corrected chi connectivity index (χ2v) is 7.55. The molecule has 0 radical (unpaired) electrons. The maximum atomic E-state index is 13.0. The summed E-state index contributed by atoms with van der Waals surface area (Å²) in [5, 5.41) is 7.89. The van der Waals surface area contributed by atoms with Crippen LogP contribution in [0.2, 0.25) is 5.02 Å². The molecule has 0 fully saturated rings. The van der Waals surface area contributed by atoms with Gasteiger partial charge in [0.25, 0.3) is 5.91 Å².